The van der Waals surface area contributed by atoms with Gasteiger partial charge in [-0.25, -0.2) is 9.78 Å². The van der Waals surface area contributed by atoms with Crippen molar-refractivity contribution in [2.75, 3.05) is 0 Å². The van der Waals surface area contributed by atoms with Gasteiger partial charge < -0.3 is 14.4 Å². The van der Waals surface area contributed by atoms with Crippen molar-refractivity contribution in [3.05, 3.63) is 53.7 Å². The molecule has 2 heterocycles. The first kappa shape index (κ1) is 14.3. The van der Waals surface area contributed by atoms with Gasteiger partial charge in [-0.1, -0.05) is 6.07 Å². The summed E-state index contributed by atoms with van der Waals surface area (Å²) < 4.78 is 5.39. The van der Waals surface area contributed by atoms with Gasteiger partial charge in [-0.2, -0.15) is 0 Å². The lowest BCUT2D eigenvalue weighted by Crippen LogP contribution is -2.36. The molecule has 0 bridgehead atoms. The number of furan rings is 1. The molecule has 114 valence electrons. The van der Waals surface area contributed by atoms with Gasteiger partial charge in [-0.15, -0.1) is 0 Å². The summed E-state index contributed by atoms with van der Waals surface area (Å²) in [6, 6.07) is 7.99. The minimum Gasteiger partial charge on any atom is -0.477 e. The summed E-state index contributed by atoms with van der Waals surface area (Å²) in [5.74, 6) is -0.712. The molecule has 1 N–H and O–H groups in total. The maximum atomic E-state index is 12.8. The Morgan fingerprint density at radius 1 is 1.27 bits per heavy atom. The number of hydrogen-bond acceptors (Lipinski definition) is 4. The van der Waals surface area contributed by atoms with Gasteiger partial charge in [-0.05, 0) is 44.0 Å². The Balaban J connectivity index is 1.90. The molecule has 0 radical (unpaired) electrons. The third-order valence-corrected chi connectivity index (χ3v) is 3.73. The summed E-state index contributed by atoms with van der Waals surface area (Å²) >= 11 is 0. The number of nitrogens with zero attached hydrogens (tertiary/aromatic N) is 2. The SMILES string of the molecule is CC(c1ccco1)N(C(=O)c1cccc(C(=O)O)n1)C1CC1. The van der Waals surface area contributed by atoms with Crippen LogP contribution in [-0.2, 0) is 0 Å². The molecule has 22 heavy (non-hydrogen) atoms. The summed E-state index contributed by atoms with van der Waals surface area (Å²) in [6.07, 6.45) is 3.45. The van der Waals surface area contributed by atoms with Crippen LogP contribution in [0.1, 0.15) is 52.5 Å². The predicted molar refractivity (Wildman–Crippen MR) is 77.5 cm³/mol. The zero-order chi connectivity index (χ0) is 15.7. The first-order valence-electron chi connectivity index (χ1n) is 7.14. The Bertz CT molecular complexity index is 692. The molecule has 1 atom stereocenters. The van der Waals surface area contributed by atoms with E-state index in [0.29, 0.717) is 5.76 Å². The van der Waals surface area contributed by atoms with Crippen LogP contribution in [-0.4, -0.2) is 32.9 Å². The molecule has 1 fully saturated rings. The van der Waals surface area contributed by atoms with Gasteiger partial charge in [0, 0.05) is 6.04 Å². The van der Waals surface area contributed by atoms with Crippen LogP contribution in [0.2, 0.25) is 0 Å². The molecule has 6 heteroatoms. The Kier molecular flexibility index (Phi) is 3.66. The van der Waals surface area contributed by atoms with Crippen molar-refractivity contribution >= 4 is 11.9 Å². The molecular weight excluding hydrogens is 284 g/mol. The summed E-state index contributed by atoms with van der Waals surface area (Å²) in [7, 11) is 0. The van der Waals surface area contributed by atoms with Crippen LogP contribution in [0.25, 0.3) is 0 Å². The van der Waals surface area contributed by atoms with Crippen LogP contribution < -0.4 is 0 Å². The van der Waals surface area contributed by atoms with Crippen LogP contribution >= 0.6 is 0 Å². The van der Waals surface area contributed by atoms with Crippen LogP contribution in [0, 0.1) is 0 Å². The Morgan fingerprint density at radius 3 is 2.59 bits per heavy atom. The predicted octanol–water partition coefficient (Wildman–Crippen LogP) is 2.74. The monoisotopic (exact) mass is 300 g/mol. The van der Waals surface area contributed by atoms with Crippen LogP contribution in [0.15, 0.2) is 41.0 Å². The number of carboxylic acids is 1. The molecule has 6 nitrogen and oxygen atoms in total. The molecule has 1 aliphatic carbocycles. The average molecular weight is 300 g/mol. The quantitative estimate of drug-likeness (QED) is 0.918. The molecule has 0 spiro atoms. The maximum Gasteiger partial charge on any atom is 0.354 e. The first-order chi connectivity index (χ1) is 10.6. The highest BCUT2D eigenvalue weighted by Crippen LogP contribution is 2.35. The first-order valence-corrected chi connectivity index (χ1v) is 7.14. The van der Waals surface area contributed by atoms with E-state index in [-0.39, 0.29) is 29.4 Å². The normalized spacial score (nSPS) is 15.3. The number of amides is 1. The largest absolute Gasteiger partial charge is 0.477 e. The van der Waals surface area contributed by atoms with E-state index in [2.05, 4.69) is 4.98 Å². The number of aromatic nitrogens is 1. The highest BCUT2D eigenvalue weighted by molar-refractivity contribution is 5.94. The molecular formula is C16H16N2O4. The highest BCUT2D eigenvalue weighted by atomic mass is 16.4. The third kappa shape index (κ3) is 2.72. The second kappa shape index (κ2) is 5.63. The standard InChI is InChI=1S/C16H16N2O4/c1-10(14-6-3-9-22-14)18(11-7-8-11)15(19)12-4-2-5-13(17-12)16(20)21/h2-6,9-11H,7-8H2,1H3,(H,20,21). The zero-order valence-electron chi connectivity index (χ0n) is 12.1. The van der Waals surface area contributed by atoms with Crippen molar-refractivity contribution in [2.45, 2.75) is 31.8 Å². The number of aromatic carboxylic acids is 1. The van der Waals surface area contributed by atoms with Crippen LogP contribution in [0.3, 0.4) is 0 Å². The smallest absolute Gasteiger partial charge is 0.354 e. The van der Waals surface area contributed by atoms with Gasteiger partial charge in [0.05, 0.1) is 12.3 Å². The van der Waals surface area contributed by atoms with Gasteiger partial charge >= 0.3 is 5.97 Å². The minimum atomic E-state index is -1.15. The van der Waals surface area contributed by atoms with Crippen LogP contribution in [0.4, 0.5) is 0 Å². The number of hydrogen-bond donors (Lipinski definition) is 1. The van der Waals surface area contributed by atoms with Gasteiger partial charge in [0.2, 0.25) is 0 Å². The lowest BCUT2D eigenvalue weighted by molar-refractivity contribution is 0.0645. The number of rotatable bonds is 5. The molecule has 0 aromatic carbocycles. The molecule has 1 unspecified atom stereocenters. The van der Waals surface area contributed by atoms with Crippen molar-refractivity contribution in [1.29, 1.82) is 0 Å². The molecule has 1 amide bonds. The summed E-state index contributed by atoms with van der Waals surface area (Å²) in [6.45, 7) is 1.90. The number of pyridine rings is 1. The third-order valence-electron chi connectivity index (χ3n) is 3.73. The van der Waals surface area contributed by atoms with Crippen molar-refractivity contribution in [3.63, 3.8) is 0 Å². The lowest BCUT2D eigenvalue weighted by Gasteiger charge is -2.27. The lowest BCUT2D eigenvalue weighted by atomic mass is 10.2. The van der Waals surface area contributed by atoms with E-state index in [1.54, 1.807) is 23.3 Å². The highest BCUT2D eigenvalue weighted by Gasteiger charge is 2.38. The summed E-state index contributed by atoms with van der Waals surface area (Å²) in [4.78, 5) is 29.5. The van der Waals surface area contributed by atoms with Crippen molar-refractivity contribution in [1.82, 2.24) is 9.88 Å². The number of carbonyl (C=O) groups is 2. The Hall–Kier alpha value is -2.63. The second-order valence-electron chi connectivity index (χ2n) is 5.35. The Labute approximate surface area is 127 Å². The molecule has 2 aromatic heterocycles. The summed E-state index contributed by atoms with van der Waals surface area (Å²) in [5.41, 5.74) is 0.0115. The Morgan fingerprint density at radius 2 is 2.00 bits per heavy atom. The van der Waals surface area contributed by atoms with Gasteiger partial charge in [0.15, 0.2) is 0 Å². The average Bonchev–Trinajstić information content (AvgIpc) is 3.19. The summed E-state index contributed by atoms with van der Waals surface area (Å²) in [5, 5.41) is 9.01. The minimum absolute atomic E-state index is 0.132. The van der Waals surface area contributed by atoms with Gasteiger partial charge in [0.25, 0.3) is 5.91 Å². The molecule has 1 saturated carbocycles. The van der Waals surface area contributed by atoms with E-state index in [4.69, 9.17) is 9.52 Å². The number of carboxylic acid groups (broad SMARTS) is 1. The van der Waals surface area contributed by atoms with Crippen molar-refractivity contribution < 1.29 is 19.1 Å². The van der Waals surface area contributed by atoms with E-state index >= 15 is 0 Å². The van der Waals surface area contributed by atoms with E-state index in [1.165, 1.54) is 12.1 Å². The maximum absolute atomic E-state index is 12.8. The fraction of sp³-hybridized carbons (Fsp3) is 0.312. The van der Waals surface area contributed by atoms with E-state index < -0.39 is 5.97 Å². The fourth-order valence-corrected chi connectivity index (χ4v) is 2.48. The fourth-order valence-electron chi connectivity index (χ4n) is 2.48. The van der Waals surface area contributed by atoms with E-state index in [1.807, 2.05) is 13.0 Å². The van der Waals surface area contributed by atoms with E-state index in [0.717, 1.165) is 12.8 Å². The molecule has 3 rings (SSSR count). The van der Waals surface area contributed by atoms with E-state index in [9.17, 15) is 9.59 Å². The topological polar surface area (TPSA) is 83.6 Å². The molecule has 0 aliphatic heterocycles. The van der Waals surface area contributed by atoms with Crippen molar-refractivity contribution in [3.8, 4) is 0 Å². The zero-order valence-corrected chi connectivity index (χ0v) is 12.1. The van der Waals surface area contributed by atoms with Gasteiger partial charge in [-0.3, -0.25) is 4.79 Å². The van der Waals surface area contributed by atoms with Crippen LogP contribution in [0.5, 0.6) is 0 Å². The molecule has 2 aromatic rings. The van der Waals surface area contributed by atoms with Crippen molar-refractivity contribution in [2.24, 2.45) is 0 Å². The molecule has 0 saturated heterocycles. The van der Waals surface area contributed by atoms with Gasteiger partial charge in [0.1, 0.15) is 17.1 Å². The number of carbonyl (C=O) groups excluding carboxylic acids is 1. The molecule has 1 aliphatic rings. The second-order valence-corrected chi connectivity index (χ2v) is 5.35.